The maximum absolute atomic E-state index is 12.1. The summed E-state index contributed by atoms with van der Waals surface area (Å²) in [4.78, 5) is 0. The monoisotopic (exact) mass is 268 g/mol. The van der Waals surface area contributed by atoms with Crippen molar-refractivity contribution in [2.24, 2.45) is 0 Å². The fourth-order valence-corrected chi connectivity index (χ4v) is 3.75. The van der Waals surface area contributed by atoms with Crippen molar-refractivity contribution in [3.05, 3.63) is 35.4 Å². The average Bonchev–Trinajstić information content (AvgIpc) is 2.83. The predicted molar refractivity (Wildman–Crippen MR) is 72.9 cm³/mol. The number of hydrogen-bond donors (Lipinski definition) is 2. The lowest BCUT2D eigenvalue weighted by molar-refractivity contribution is 0.553. The van der Waals surface area contributed by atoms with Crippen LogP contribution in [0.1, 0.15) is 30.5 Å². The minimum Gasteiger partial charge on any atom is -0.315 e. The first kappa shape index (κ1) is 13.5. The highest BCUT2D eigenvalue weighted by molar-refractivity contribution is 7.90. The molecule has 1 heterocycles. The molecule has 2 N–H and O–H groups in total. The van der Waals surface area contributed by atoms with Crippen LogP contribution in [0.15, 0.2) is 24.3 Å². The summed E-state index contributed by atoms with van der Waals surface area (Å²) in [5.41, 5.74) is 2.17. The molecule has 0 radical (unpaired) electrons. The van der Waals surface area contributed by atoms with Gasteiger partial charge in [0, 0.05) is 12.6 Å². The Balaban J connectivity index is 2.06. The van der Waals surface area contributed by atoms with Crippen LogP contribution in [-0.2, 0) is 10.0 Å². The third-order valence-corrected chi connectivity index (χ3v) is 5.33. The second kappa shape index (κ2) is 5.38. The van der Waals surface area contributed by atoms with Crippen LogP contribution < -0.4 is 10.0 Å². The molecule has 2 unspecified atom stereocenters. The van der Waals surface area contributed by atoms with Gasteiger partial charge in [-0.2, -0.15) is 0 Å². The van der Waals surface area contributed by atoms with Crippen molar-refractivity contribution in [3.8, 4) is 0 Å². The molecule has 1 fully saturated rings. The van der Waals surface area contributed by atoms with E-state index in [4.69, 9.17) is 0 Å². The van der Waals surface area contributed by atoms with Crippen molar-refractivity contribution in [3.63, 3.8) is 0 Å². The summed E-state index contributed by atoms with van der Waals surface area (Å²) in [7, 11) is -3.23. The summed E-state index contributed by atoms with van der Waals surface area (Å²) in [5.74, 6) is 0. The number of hydrogen-bond acceptors (Lipinski definition) is 3. The molecule has 100 valence electrons. The van der Waals surface area contributed by atoms with Crippen LogP contribution in [0.4, 0.5) is 0 Å². The fourth-order valence-electron chi connectivity index (χ4n) is 2.16. The highest BCUT2D eigenvalue weighted by atomic mass is 32.2. The van der Waals surface area contributed by atoms with Crippen molar-refractivity contribution in [2.45, 2.75) is 31.6 Å². The van der Waals surface area contributed by atoms with Gasteiger partial charge in [0.05, 0.1) is 5.25 Å². The third-order valence-electron chi connectivity index (χ3n) is 3.37. The normalized spacial score (nSPS) is 22.0. The molecule has 1 aromatic carbocycles. The molecule has 0 spiro atoms. The van der Waals surface area contributed by atoms with Gasteiger partial charge in [-0.25, -0.2) is 13.1 Å². The largest absolute Gasteiger partial charge is 0.315 e. The Kier molecular flexibility index (Phi) is 4.04. The third kappa shape index (κ3) is 3.10. The average molecular weight is 268 g/mol. The molecule has 1 saturated heterocycles. The van der Waals surface area contributed by atoms with Gasteiger partial charge in [-0.15, -0.1) is 0 Å². The quantitative estimate of drug-likeness (QED) is 0.866. The highest BCUT2D eigenvalue weighted by Crippen LogP contribution is 2.17. The lowest BCUT2D eigenvalue weighted by Crippen LogP contribution is -2.37. The summed E-state index contributed by atoms with van der Waals surface area (Å²) >= 11 is 0. The molecule has 1 aromatic rings. The van der Waals surface area contributed by atoms with Crippen LogP contribution in [0.25, 0.3) is 0 Å². The summed E-state index contributed by atoms with van der Waals surface area (Å²) in [5, 5.41) is 2.78. The van der Waals surface area contributed by atoms with Crippen LogP contribution in [0.5, 0.6) is 0 Å². The number of benzene rings is 1. The minimum atomic E-state index is -3.23. The van der Waals surface area contributed by atoms with Crippen LogP contribution in [0.3, 0.4) is 0 Å². The SMILES string of the molecule is Cc1ccc(C(C)NS(=O)(=O)C2CCNC2)cc1. The van der Waals surface area contributed by atoms with Gasteiger partial charge in [0.2, 0.25) is 10.0 Å². The molecular formula is C13H20N2O2S. The predicted octanol–water partition coefficient (Wildman–Crippen LogP) is 1.34. The summed E-state index contributed by atoms with van der Waals surface area (Å²) in [6, 6.07) is 7.75. The maximum atomic E-state index is 12.1. The van der Waals surface area contributed by atoms with Gasteiger partial charge in [0.15, 0.2) is 0 Å². The number of rotatable bonds is 4. The highest BCUT2D eigenvalue weighted by Gasteiger charge is 2.29. The van der Waals surface area contributed by atoms with E-state index in [1.807, 2.05) is 38.1 Å². The first-order valence-electron chi connectivity index (χ1n) is 6.27. The Hall–Kier alpha value is -0.910. The molecule has 5 heteroatoms. The van der Waals surface area contributed by atoms with Gasteiger partial charge in [0.25, 0.3) is 0 Å². The second-order valence-corrected chi connectivity index (χ2v) is 6.90. The fraction of sp³-hybridized carbons (Fsp3) is 0.538. The lowest BCUT2D eigenvalue weighted by Gasteiger charge is -2.18. The summed E-state index contributed by atoms with van der Waals surface area (Å²) in [6.07, 6.45) is 0.690. The molecule has 0 aliphatic carbocycles. The lowest BCUT2D eigenvalue weighted by atomic mass is 10.1. The Morgan fingerprint density at radius 1 is 1.33 bits per heavy atom. The van der Waals surface area contributed by atoms with E-state index in [1.54, 1.807) is 0 Å². The Bertz CT molecular complexity index is 490. The molecule has 2 rings (SSSR count). The molecule has 1 aliphatic heterocycles. The molecule has 4 nitrogen and oxygen atoms in total. The summed E-state index contributed by atoms with van der Waals surface area (Å²) < 4.78 is 27.0. The molecule has 18 heavy (non-hydrogen) atoms. The van der Waals surface area contributed by atoms with E-state index in [0.717, 1.165) is 12.1 Å². The molecule has 0 saturated carbocycles. The topological polar surface area (TPSA) is 58.2 Å². The van der Waals surface area contributed by atoms with Crippen molar-refractivity contribution < 1.29 is 8.42 Å². The smallest absolute Gasteiger partial charge is 0.216 e. The molecule has 0 bridgehead atoms. The Morgan fingerprint density at radius 2 is 2.00 bits per heavy atom. The van der Waals surface area contributed by atoms with Gasteiger partial charge in [-0.1, -0.05) is 29.8 Å². The maximum Gasteiger partial charge on any atom is 0.216 e. The molecule has 1 aliphatic rings. The number of sulfonamides is 1. The van der Waals surface area contributed by atoms with Crippen LogP contribution in [0, 0.1) is 6.92 Å². The van der Waals surface area contributed by atoms with Crippen molar-refractivity contribution in [1.29, 1.82) is 0 Å². The number of aryl methyl sites for hydroxylation is 1. The van der Waals surface area contributed by atoms with Crippen molar-refractivity contribution >= 4 is 10.0 Å². The van der Waals surface area contributed by atoms with E-state index in [0.29, 0.717) is 13.0 Å². The van der Waals surface area contributed by atoms with Crippen LogP contribution in [0.2, 0.25) is 0 Å². The van der Waals surface area contributed by atoms with E-state index < -0.39 is 10.0 Å². The summed E-state index contributed by atoms with van der Waals surface area (Å²) in [6.45, 7) is 5.23. The van der Waals surface area contributed by atoms with Gasteiger partial charge < -0.3 is 5.32 Å². The van der Waals surface area contributed by atoms with E-state index in [-0.39, 0.29) is 11.3 Å². The minimum absolute atomic E-state index is 0.184. The van der Waals surface area contributed by atoms with E-state index in [9.17, 15) is 8.42 Å². The molecule has 0 amide bonds. The molecular weight excluding hydrogens is 248 g/mol. The van der Waals surface area contributed by atoms with Crippen molar-refractivity contribution in [1.82, 2.24) is 10.0 Å². The zero-order valence-corrected chi connectivity index (χ0v) is 11.6. The van der Waals surface area contributed by atoms with E-state index >= 15 is 0 Å². The van der Waals surface area contributed by atoms with Gasteiger partial charge >= 0.3 is 0 Å². The van der Waals surface area contributed by atoms with Gasteiger partial charge in [0.1, 0.15) is 0 Å². The Morgan fingerprint density at radius 3 is 2.56 bits per heavy atom. The standard InChI is InChI=1S/C13H20N2O2S/c1-10-3-5-12(6-4-10)11(2)15-18(16,17)13-7-8-14-9-13/h3-6,11,13-15H,7-9H2,1-2H3. The van der Waals surface area contributed by atoms with Crippen LogP contribution in [-0.4, -0.2) is 26.8 Å². The van der Waals surface area contributed by atoms with E-state index in [1.165, 1.54) is 5.56 Å². The zero-order chi connectivity index (χ0) is 13.2. The van der Waals surface area contributed by atoms with E-state index in [2.05, 4.69) is 10.0 Å². The van der Waals surface area contributed by atoms with Crippen molar-refractivity contribution in [2.75, 3.05) is 13.1 Å². The zero-order valence-electron chi connectivity index (χ0n) is 10.8. The van der Waals surface area contributed by atoms with Gasteiger partial charge in [-0.3, -0.25) is 0 Å². The molecule has 2 atom stereocenters. The first-order chi connectivity index (χ1) is 8.49. The second-order valence-electron chi connectivity index (χ2n) is 4.91. The first-order valence-corrected chi connectivity index (χ1v) is 7.82. The molecule has 0 aromatic heterocycles. The number of nitrogens with one attached hydrogen (secondary N) is 2. The Labute approximate surface area is 109 Å². The van der Waals surface area contributed by atoms with Crippen LogP contribution >= 0.6 is 0 Å². The van der Waals surface area contributed by atoms with Gasteiger partial charge in [-0.05, 0) is 32.4 Å².